The van der Waals surface area contributed by atoms with E-state index in [1.165, 1.54) is 12.1 Å². The van der Waals surface area contributed by atoms with Gasteiger partial charge in [0.2, 0.25) is 9.84 Å². The van der Waals surface area contributed by atoms with Gasteiger partial charge in [-0.1, -0.05) is 0 Å². The maximum Gasteiger partial charge on any atom is 0.341 e. The first-order valence-corrected chi connectivity index (χ1v) is 6.82. The summed E-state index contributed by atoms with van der Waals surface area (Å²) in [5, 5.41) is 2.99. The summed E-state index contributed by atoms with van der Waals surface area (Å²) >= 11 is 0. The molecular formula is C11H16F2N2O2S. The second-order valence-corrected chi connectivity index (χ2v) is 6.59. The van der Waals surface area contributed by atoms with E-state index in [4.69, 9.17) is 5.73 Å². The third-order valence-electron chi connectivity index (χ3n) is 2.17. The smallest absolute Gasteiger partial charge is 0.341 e. The number of nitrogens with one attached hydrogen (secondary N) is 1. The summed E-state index contributed by atoms with van der Waals surface area (Å²) in [7, 11) is -4.52. The molecule has 0 aliphatic carbocycles. The van der Waals surface area contributed by atoms with Gasteiger partial charge in [0.25, 0.3) is 0 Å². The van der Waals surface area contributed by atoms with Gasteiger partial charge in [0, 0.05) is 17.8 Å². The van der Waals surface area contributed by atoms with Crippen LogP contribution in [0.1, 0.15) is 13.8 Å². The van der Waals surface area contributed by atoms with Gasteiger partial charge in [0.05, 0.1) is 4.90 Å². The number of anilines is 1. The molecule has 0 aliphatic rings. The lowest BCUT2D eigenvalue weighted by Crippen LogP contribution is -2.39. The van der Waals surface area contributed by atoms with E-state index >= 15 is 0 Å². The summed E-state index contributed by atoms with van der Waals surface area (Å²) in [5.74, 6) is -3.40. The van der Waals surface area contributed by atoms with Crippen LogP contribution in [0.4, 0.5) is 14.5 Å². The van der Waals surface area contributed by atoms with Crippen molar-refractivity contribution in [2.75, 3.05) is 11.9 Å². The van der Waals surface area contributed by atoms with Gasteiger partial charge in [0.1, 0.15) is 0 Å². The minimum Gasteiger partial charge on any atom is -0.383 e. The highest BCUT2D eigenvalue weighted by molar-refractivity contribution is 7.91. The van der Waals surface area contributed by atoms with Crippen LogP contribution in [-0.4, -0.2) is 26.3 Å². The van der Waals surface area contributed by atoms with Crippen LogP contribution in [0, 0.1) is 0 Å². The van der Waals surface area contributed by atoms with Crippen LogP contribution in [0.25, 0.3) is 0 Å². The van der Waals surface area contributed by atoms with E-state index in [2.05, 4.69) is 5.32 Å². The van der Waals surface area contributed by atoms with Gasteiger partial charge < -0.3 is 11.1 Å². The lowest BCUT2D eigenvalue weighted by molar-refractivity contribution is 0.234. The molecular weight excluding hydrogens is 262 g/mol. The number of hydrogen-bond acceptors (Lipinski definition) is 4. The number of nitrogens with two attached hydrogens (primary N) is 1. The molecule has 0 aromatic heterocycles. The molecule has 1 aromatic rings. The maximum atomic E-state index is 12.3. The van der Waals surface area contributed by atoms with Crippen LogP contribution in [0.2, 0.25) is 0 Å². The third-order valence-corrected chi connectivity index (χ3v) is 3.56. The van der Waals surface area contributed by atoms with E-state index in [-0.39, 0.29) is 0 Å². The Balaban J connectivity index is 2.81. The van der Waals surface area contributed by atoms with Gasteiger partial charge >= 0.3 is 5.76 Å². The molecule has 4 nitrogen and oxygen atoms in total. The number of alkyl halides is 2. The van der Waals surface area contributed by atoms with E-state index in [1.54, 1.807) is 0 Å². The van der Waals surface area contributed by atoms with Crippen LogP contribution < -0.4 is 11.1 Å². The predicted octanol–water partition coefficient (Wildman–Crippen LogP) is 1.83. The first-order valence-electron chi connectivity index (χ1n) is 5.28. The molecule has 0 atom stereocenters. The van der Waals surface area contributed by atoms with Crippen molar-refractivity contribution < 1.29 is 17.2 Å². The number of benzene rings is 1. The van der Waals surface area contributed by atoms with Gasteiger partial charge in [-0.3, -0.25) is 0 Å². The van der Waals surface area contributed by atoms with Crippen molar-refractivity contribution in [3.8, 4) is 0 Å². The molecule has 0 aliphatic heterocycles. The molecule has 0 saturated heterocycles. The fourth-order valence-electron chi connectivity index (χ4n) is 1.20. The van der Waals surface area contributed by atoms with Crippen LogP contribution in [0.3, 0.4) is 0 Å². The van der Waals surface area contributed by atoms with Crippen molar-refractivity contribution in [3.63, 3.8) is 0 Å². The Kier molecular flexibility index (Phi) is 4.28. The first-order chi connectivity index (χ1) is 8.13. The highest BCUT2D eigenvalue weighted by atomic mass is 32.2. The summed E-state index contributed by atoms with van der Waals surface area (Å²) in [4.78, 5) is -0.393. The standard InChI is InChI=1S/C11H16F2N2O2S/c1-11(2,14)7-15-8-3-5-9(6-4-8)18(16,17)10(12)13/h3-6,10,15H,7,14H2,1-2H3. The Morgan fingerprint density at radius 2 is 1.78 bits per heavy atom. The zero-order chi connectivity index (χ0) is 14.0. The molecule has 0 heterocycles. The average molecular weight is 278 g/mol. The van der Waals surface area contributed by atoms with Crippen LogP contribution in [0.15, 0.2) is 29.2 Å². The quantitative estimate of drug-likeness (QED) is 0.862. The van der Waals surface area contributed by atoms with E-state index in [0.29, 0.717) is 12.2 Å². The highest BCUT2D eigenvalue weighted by Gasteiger charge is 2.26. The largest absolute Gasteiger partial charge is 0.383 e. The lowest BCUT2D eigenvalue weighted by atomic mass is 10.1. The van der Waals surface area contributed by atoms with Crippen molar-refractivity contribution in [2.45, 2.75) is 30.0 Å². The molecule has 0 amide bonds. The van der Waals surface area contributed by atoms with E-state index in [0.717, 1.165) is 12.1 Å². The number of hydrogen-bond donors (Lipinski definition) is 2. The predicted molar refractivity (Wildman–Crippen MR) is 66.4 cm³/mol. The van der Waals surface area contributed by atoms with Crippen LogP contribution >= 0.6 is 0 Å². The fraction of sp³-hybridized carbons (Fsp3) is 0.455. The molecule has 3 N–H and O–H groups in total. The molecule has 0 unspecified atom stereocenters. The topological polar surface area (TPSA) is 72.2 Å². The molecule has 102 valence electrons. The summed E-state index contributed by atoms with van der Waals surface area (Å²) in [5.41, 5.74) is 5.97. The molecule has 18 heavy (non-hydrogen) atoms. The molecule has 1 rings (SSSR count). The molecule has 0 radical (unpaired) electrons. The zero-order valence-electron chi connectivity index (χ0n) is 10.2. The maximum absolute atomic E-state index is 12.3. The zero-order valence-corrected chi connectivity index (χ0v) is 11.0. The van der Waals surface area contributed by atoms with Gasteiger partial charge in [0.15, 0.2) is 0 Å². The Morgan fingerprint density at radius 3 is 2.17 bits per heavy atom. The van der Waals surface area contributed by atoms with Gasteiger partial charge in [-0.2, -0.15) is 8.78 Å². The van der Waals surface area contributed by atoms with Gasteiger partial charge in [-0.15, -0.1) is 0 Å². The van der Waals surface area contributed by atoms with Crippen molar-refractivity contribution in [1.82, 2.24) is 0 Å². The Labute approximate surface area is 105 Å². The van der Waals surface area contributed by atoms with Crippen LogP contribution in [0.5, 0.6) is 0 Å². The minimum absolute atomic E-state index is 0.393. The second kappa shape index (κ2) is 5.19. The number of rotatable bonds is 5. The van der Waals surface area contributed by atoms with Crippen molar-refractivity contribution >= 4 is 15.5 Å². The second-order valence-electron chi connectivity index (χ2n) is 4.67. The van der Waals surface area contributed by atoms with E-state index < -0.39 is 26.0 Å². The lowest BCUT2D eigenvalue weighted by Gasteiger charge is -2.19. The van der Waals surface area contributed by atoms with Crippen molar-refractivity contribution in [2.24, 2.45) is 5.73 Å². The summed E-state index contributed by atoms with van der Waals surface area (Å²) in [6, 6.07) is 5.16. The van der Waals surface area contributed by atoms with Crippen LogP contribution in [-0.2, 0) is 9.84 Å². The van der Waals surface area contributed by atoms with Crippen molar-refractivity contribution in [3.05, 3.63) is 24.3 Å². The summed E-state index contributed by atoms with van der Waals surface area (Å²) < 4.78 is 46.9. The molecule has 0 bridgehead atoms. The monoisotopic (exact) mass is 278 g/mol. The third kappa shape index (κ3) is 3.92. The fourth-order valence-corrected chi connectivity index (χ4v) is 1.92. The van der Waals surface area contributed by atoms with E-state index in [9.17, 15) is 17.2 Å². The SMILES string of the molecule is CC(C)(N)CNc1ccc(S(=O)(=O)C(F)F)cc1. The van der Waals surface area contributed by atoms with Gasteiger partial charge in [-0.25, -0.2) is 8.42 Å². The number of sulfone groups is 1. The Bertz CT molecular complexity index is 493. The molecule has 1 aromatic carbocycles. The van der Waals surface area contributed by atoms with Crippen molar-refractivity contribution in [1.29, 1.82) is 0 Å². The summed E-state index contributed by atoms with van der Waals surface area (Å²) in [6.45, 7) is 4.14. The summed E-state index contributed by atoms with van der Waals surface area (Å²) in [6.07, 6.45) is 0. The molecule has 0 spiro atoms. The minimum atomic E-state index is -4.52. The first kappa shape index (κ1) is 14.8. The molecule has 0 saturated carbocycles. The molecule has 0 fully saturated rings. The normalized spacial score (nSPS) is 12.8. The van der Waals surface area contributed by atoms with E-state index in [1.807, 2.05) is 13.8 Å². The Hall–Kier alpha value is -1.21. The Morgan fingerprint density at radius 1 is 1.28 bits per heavy atom. The highest BCUT2D eigenvalue weighted by Crippen LogP contribution is 2.20. The average Bonchev–Trinajstić information content (AvgIpc) is 2.26. The molecule has 7 heteroatoms. The van der Waals surface area contributed by atoms with Gasteiger partial charge in [-0.05, 0) is 38.1 Å². The number of halogens is 2.